The van der Waals surface area contributed by atoms with Crippen LogP contribution in [0.15, 0.2) is 29.3 Å². The maximum absolute atomic E-state index is 10.9. The van der Waals surface area contributed by atoms with Crippen LogP contribution in [-0.4, -0.2) is 54.1 Å². The van der Waals surface area contributed by atoms with Gasteiger partial charge in [0.1, 0.15) is 5.75 Å². The largest absolute Gasteiger partial charge is 0.491 e. The smallest absolute Gasteiger partial charge is 0.119 e. The summed E-state index contributed by atoms with van der Waals surface area (Å²) in [6, 6.07) is 8.38. The first-order valence-electron chi connectivity index (χ1n) is 8.99. The van der Waals surface area contributed by atoms with Crippen LogP contribution >= 0.6 is 0 Å². The minimum Gasteiger partial charge on any atom is -0.491 e. The van der Waals surface area contributed by atoms with Crippen LogP contribution in [0.5, 0.6) is 5.75 Å². The second kappa shape index (κ2) is 8.13. The van der Waals surface area contributed by atoms with E-state index < -0.39 is 5.60 Å². The molecule has 1 saturated heterocycles. The van der Waals surface area contributed by atoms with Gasteiger partial charge in [-0.15, -0.1) is 0 Å². The number of hydrogen-bond acceptors (Lipinski definition) is 4. The Kier molecular flexibility index (Phi) is 6.41. The predicted molar refractivity (Wildman–Crippen MR) is 100 cm³/mol. The van der Waals surface area contributed by atoms with Crippen molar-refractivity contribution >= 4 is 6.21 Å². The van der Waals surface area contributed by atoms with E-state index in [2.05, 4.69) is 30.8 Å². The Labute approximate surface area is 146 Å². The van der Waals surface area contributed by atoms with Gasteiger partial charge in [-0.05, 0) is 76.4 Å². The van der Waals surface area contributed by atoms with Gasteiger partial charge in [0.25, 0.3) is 0 Å². The van der Waals surface area contributed by atoms with Crippen molar-refractivity contribution in [2.75, 3.05) is 20.1 Å². The van der Waals surface area contributed by atoms with Gasteiger partial charge >= 0.3 is 0 Å². The van der Waals surface area contributed by atoms with Crippen LogP contribution in [-0.2, 0) is 0 Å². The van der Waals surface area contributed by atoms with Gasteiger partial charge in [-0.2, -0.15) is 0 Å². The Hall–Kier alpha value is -1.39. The highest BCUT2D eigenvalue weighted by Crippen LogP contribution is 2.33. The number of nitrogens with zero attached hydrogens (tertiary/aromatic N) is 2. The van der Waals surface area contributed by atoms with Crippen molar-refractivity contribution in [3.05, 3.63) is 29.8 Å². The highest BCUT2D eigenvalue weighted by Gasteiger charge is 2.40. The predicted octanol–water partition coefficient (Wildman–Crippen LogP) is 3.37. The average molecular weight is 332 g/mol. The first kappa shape index (κ1) is 18.9. The van der Waals surface area contributed by atoms with Crippen LogP contribution in [0.4, 0.5) is 0 Å². The summed E-state index contributed by atoms with van der Waals surface area (Å²) in [7, 11) is 2.13. The molecule has 1 heterocycles. The lowest BCUT2D eigenvalue weighted by Crippen LogP contribution is -2.53. The van der Waals surface area contributed by atoms with Crippen molar-refractivity contribution in [1.29, 1.82) is 0 Å². The highest BCUT2D eigenvalue weighted by atomic mass is 16.5. The van der Waals surface area contributed by atoms with Crippen molar-refractivity contribution in [3.8, 4) is 5.75 Å². The Balaban J connectivity index is 1.85. The summed E-state index contributed by atoms with van der Waals surface area (Å²) < 4.78 is 5.64. The van der Waals surface area contributed by atoms with Gasteiger partial charge < -0.3 is 14.7 Å². The number of piperidine rings is 1. The van der Waals surface area contributed by atoms with Crippen LogP contribution < -0.4 is 4.74 Å². The quantitative estimate of drug-likeness (QED) is 0.812. The minimum absolute atomic E-state index is 0.184. The topological polar surface area (TPSA) is 45.1 Å². The van der Waals surface area contributed by atoms with E-state index in [9.17, 15) is 5.11 Å². The molecule has 24 heavy (non-hydrogen) atoms. The number of ether oxygens (including phenoxy) is 1. The molecule has 3 atom stereocenters. The average Bonchev–Trinajstić information content (AvgIpc) is 2.51. The molecule has 1 N–H and O–H groups in total. The van der Waals surface area contributed by atoms with Crippen LogP contribution in [0.3, 0.4) is 0 Å². The standard InChI is InChI=1S/C20H32N2O2/c1-15(2)24-19-8-6-18(7-9-19)13-21-11-10-20(23)12-17(4)22(5)14-16(20)3/h6-9,13,15-17,23H,10-12,14H2,1-5H3/t16-,17-,20+/m0/s1. The fourth-order valence-corrected chi connectivity index (χ4v) is 3.33. The van der Waals surface area contributed by atoms with Gasteiger partial charge in [0.05, 0.1) is 11.7 Å². The highest BCUT2D eigenvalue weighted by molar-refractivity contribution is 5.79. The molecule has 0 spiro atoms. The zero-order chi connectivity index (χ0) is 17.7. The molecule has 0 aliphatic carbocycles. The van der Waals surface area contributed by atoms with Crippen LogP contribution in [0, 0.1) is 5.92 Å². The molecule has 1 fully saturated rings. The molecule has 0 amide bonds. The molecule has 4 heteroatoms. The maximum atomic E-state index is 10.9. The van der Waals surface area contributed by atoms with E-state index in [1.54, 1.807) is 0 Å². The number of likely N-dealkylation sites (tertiary alicyclic amines) is 1. The molecular formula is C20H32N2O2. The Morgan fingerprint density at radius 1 is 1.33 bits per heavy atom. The molecular weight excluding hydrogens is 300 g/mol. The molecule has 2 rings (SSSR count). The molecule has 1 aromatic rings. The molecule has 0 bridgehead atoms. The van der Waals surface area contributed by atoms with E-state index in [0.717, 1.165) is 30.7 Å². The minimum atomic E-state index is -0.599. The normalized spacial score (nSPS) is 28.6. The van der Waals surface area contributed by atoms with E-state index in [4.69, 9.17) is 4.74 Å². The lowest BCUT2D eigenvalue weighted by Gasteiger charge is -2.45. The van der Waals surface area contributed by atoms with Gasteiger partial charge in [-0.1, -0.05) is 6.92 Å². The van der Waals surface area contributed by atoms with E-state index >= 15 is 0 Å². The van der Waals surface area contributed by atoms with Crippen molar-refractivity contribution in [2.24, 2.45) is 10.9 Å². The molecule has 0 unspecified atom stereocenters. The maximum Gasteiger partial charge on any atom is 0.119 e. The molecule has 1 aromatic carbocycles. The van der Waals surface area contributed by atoms with E-state index in [0.29, 0.717) is 12.6 Å². The Morgan fingerprint density at radius 2 is 2.00 bits per heavy atom. The lowest BCUT2D eigenvalue weighted by molar-refractivity contribution is -0.0818. The van der Waals surface area contributed by atoms with Gasteiger partial charge in [-0.25, -0.2) is 0 Å². The molecule has 0 radical (unpaired) electrons. The summed E-state index contributed by atoms with van der Waals surface area (Å²) in [5, 5.41) is 10.9. The Morgan fingerprint density at radius 3 is 2.62 bits per heavy atom. The monoisotopic (exact) mass is 332 g/mol. The molecule has 0 aromatic heterocycles. The number of rotatable bonds is 6. The summed E-state index contributed by atoms with van der Waals surface area (Å²) in [5.41, 5.74) is 0.459. The van der Waals surface area contributed by atoms with Crippen LogP contribution in [0.2, 0.25) is 0 Å². The summed E-state index contributed by atoms with van der Waals surface area (Å²) in [6.45, 7) is 9.95. The first-order valence-corrected chi connectivity index (χ1v) is 8.99. The second-order valence-corrected chi connectivity index (χ2v) is 7.52. The van der Waals surface area contributed by atoms with Gasteiger partial charge in [0.2, 0.25) is 0 Å². The van der Waals surface area contributed by atoms with E-state index in [1.807, 2.05) is 44.3 Å². The van der Waals surface area contributed by atoms with Gasteiger partial charge in [-0.3, -0.25) is 4.99 Å². The number of benzene rings is 1. The molecule has 1 aliphatic heterocycles. The molecule has 1 aliphatic rings. The third-order valence-electron chi connectivity index (χ3n) is 5.05. The van der Waals surface area contributed by atoms with Gasteiger partial charge in [0.15, 0.2) is 0 Å². The summed E-state index contributed by atoms with van der Waals surface area (Å²) in [4.78, 5) is 6.83. The number of aliphatic imine (C=N–C) groups is 1. The zero-order valence-electron chi connectivity index (χ0n) is 15.7. The Bertz CT molecular complexity index is 541. The van der Waals surface area contributed by atoms with Crippen molar-refractivity contribution < 1.29 is 9.84 Å². The summed E-state index contributed by atoms with van der Waals surface area (Å²) in [6.07, 6.45) is 3.61. The molecule has 134 valence electrons. The van der Waals surface area contributed by atoms with Crippen molar-refractivity contribution in [1.82, 2.24) is 4.90 Å². The summed E-state index contributed by atoms with van der Waals surface area (Å²) in [5.74, 6) is 1.16. The zero-order valence-corrected chi connectivity index (χ0v) is 15.7. The number of aliphatic hydroxyl groups is 1. The lowest BCUT2D eigenvalue weighted by atomic mass is 9.77. The SMILES string of the molecule is CC(C)Oc1ccc(C=NCC[C@@]2(O)C[C@H](C)N(C)C[C@@H]2C)cc1. The van der Waals surface area contributed by atoms with Crippen molar-refractivity contribution in [2.45, 2.75) is 58.3 Å². The van der Waals surface area contributed by atoms with Gasteiger partial charge in [0, 0.05) is 25.3 Å². The van der Waals surface area contributed by atoms with Crippen LogP contribution in [0.1, 0.15) is 46.1 Å². The van der Waals surface area contributed by atoms with Crippen molar-refractivity contribution in [3.63, 3.8) is 0 Å². The third kappa shape index (κ3) is 5.05. The fourth-order valence-electron chi connectivity index (χ4n) is 3.33. The first-order chi connectivity index (χ1) is 11.3. The molecule has 0 saturated carbocycles. The van der Waals surface area contributed by atoms with E-state index in [1.165, 1.54) is 0 Å². The van der Waals surface area contributed by atoms with Crippen LogP contribution in [0.25, 0.3) is 0 Å². The third-order valence-corrected chi connectivity index (χ3v) is 5.05. The summed E-state index contributed by atoms with van der Waals surface area (Å²) >= 11 is 0. The molecule has 4 nitrogen and oxygen atoms in total. The number of hydrogen-bond donors (Lipinski definition) is 1. The fraction of sp³-hybridized carbons (Fsp3) is 0.650. The second-order valence-electron chi connectivity index (χ2n) is 7.52. The van der Waals surface area contributed by atoms with E-state index in [-0.39, 0.29) is 12.0 Å².